The van der Waals surface area contributed by atoms with Gasteiger partial charge in [0.05, 0.1) is 10.6 Å². The lowest BCUT2D eigenvalue weighted by atomic mass is 10.3. The van der Waals surface area contributed by atoms with Crippen LogP contribution in [0.3, 0.4) is 0 Å². The van der Waals surface area contributed by atoms with Crippen molar-refractivity contribution in [3.8, 4) is 5.69 Å². The highest BCUT2D eigenvalue weighted by Crippen LogP contribution is 2.16. The summed E-state index contributed by atoms with van der Waals surface area (Å²) in [6, 6.07) is 6.09. The molecule has 1 aromatic carbocycles. The molecule has 2 aromatic rings. The zero-order valence-corrected chi connectivity index (χ0v) is 9.53. The van der Waals surface area contributed by atoms with Crippen molar-refractivity contribution in [1.82, 2.24) is 14.9 Å². The van der Waals surface area contributed by atoms with Gasteiger partial charge in [-0.3, -0.25) is 14.9 Å². The van der Waals surface area contributed by atoms with Crippen LogP contribution in [0.5, 0.6) is 0 Å². The Morgan fingerprint density at radius 2 is 2.28 bits per heavy atom. The van der Waals surface area contributed by atoms with Crippen molar-refractivity contribution in [3.63, 3.8) is 0 Å². The fourth-order valence-electron chi connectivity index (χ4n) is 1.48. The monoisotopic (exact) mass is 246 g/mol. The van der Waals surface area contributed by atoms with Crippen LogP contribution in [0, 0.1) is 10.1 Å². The van der Waals surface area contributed by atoms with E-state index in [1.807, 2.05) is 0 Å². The van der Waals surface area contributed by atoms with Gasteiger partial charge in [-0.25, -0.2) is 4.98 Å². The van der Waals surface area contributed by atoms with E-state index in [4.69, 9.17) is 0 Å². The molecule has 0 fully saturated rings. The second-order valence-corrected chi connectivity index (χ2v) is 3.52. The standard InChI is InChI=1S/C11H10N4O3/c1-12-11(16)10-6-14(7-13-10)8-3-2-4-9(5-8)15(17)18/h2-7H,1H3,(H,12,16). The molecule has 0 aliphatic heterocycles. The van der Waals surface area contributed by atoms with E-state index in [-0.39, 0.29) is 17.3 Å². The van der Waals surface area contributed by atoms with Crippen LogP contribution in [0.25, 0.3) is 5.69 Å². The van der Waals surface area contributed by atoms with Gasteiger partial charge in [-0.2, -0.15) is 0 Å². The van der Waals surface area contributed by atoms with Crippen molar-refractivity contribution < 1.29 is 9.72 Å². The zero-order valence-electron chi connectivity index (χ0n) is 9.53. The Kier molecular flexibility index (Phi) is 3.05. The molecule has 0 bridgehead atoms. The number of hydrogen-bond acceptors (Lipinski definition) is 4. The fraction of sp³-hybridized carbons (Fsp3) is 0.0909. The number of amides is 1. The lowest BCUT2D eigenvalue weighted by Gasteiger charge is -2.00. The average Bonchev–Trinajstić information content (AvgIpc) is 2.87. The summed E-state index contributed by atoms with van der Waals surface area (Å²) in [6.45, 7) is 0. The number of imidazole rings is 1. The summed E-state index contributed by atoms with van der Waals surface area (Å²) in [7, 11) is 1.51. The van der Waals surface area contributed by atoms with E-state index in [1.54, 1.807) is 16.7 Å². The van der Waals surface area contributed by atoms with Gasteiger partial charge < -0.3 is 9.88 Å². The van der Waals surface area contributed by atoms with E-state index in [2.05, 4.69) is 10.3 Å². The largest absolute Gasteiger partial charge is 0.354 e. The van der Waals surface area contributed by atoms with Gasteiger partial charge in [0.2, 0.25) is 0 Å². The molecular weight excluding hydrogens is 236 g/mol. The number of carbonyl (C=O) groups is 1. The van der Waals surface area contributed by atoms with Gasteiger partial charge in [-0.15, -0.1) is 0 Å². The van der Waals surface area contributed by atoms with Crippen LogP contribution in [-0.4, -0.2) is 27.4 Å². The molecule has 2 rings (SSSR count). The number of aromatic nitrogens is 2. The summed E-state index contributed by atoms with van der Waals surface area (Å²) >= 11 is 0. The zero-order chi connectivity index (χ0) is 13.1. The van der Waals surface area contributed by atoms with Gasteiger partial charge in [0.15, 0.2) is 0 Å². The Balaban J connectivity index is 2.37. The molecule has 0 spiro atoms. The second kappa shape index (κ2) is 4.66. The minimum absolute atomic E-state index is 0.0114. The molecule has 18 heavy (non-hydrogen) atoms. The molecule has 7 heteroatoms. The first kappa shape index (κ1) is 11.8. The molecule has 1 aromatic heterocycles. The number of nitrogens with zero attached hydrogens (tertiary/aromatic N) is 3. The number of benzene rings is 1. The summed E-state index contributed by atoms with van der Waals surface area (Å²) in [5.41, 5.74) is 0.818. The van der Waals surface area contributed by atoms with Crippen LogP contribution in [0.1, 0.15) is 10.5 Å². The minimum atomic E-state index is -0.472. The van der Waals surface area contributed by atoms with Crippen molar-refractivity contribution in [2.75, 3.05) is 7.05 Å². The number of nitro benzene ring substituents is 1. The maximum absolute atomic E-state index is 11.3. The average molecular weight is 246 g/mol. The number of carbonyl (C=O) groups excluding carboxylic acids is 1. The molecule has 0 radical (unpaired) electrons. The summed E-state index contributed by atoms with van der Waals surface area (Å²) in [5.74, 6) is -0.306. The molecule has 7 nitrogen and oxygen atoms in total. The van der Waals surface area contributed by atoms with Crippen LogP contribution in [0.2, 0.25) is 0 Å². The van der Waals surface area contributed by atoms with Crippen molar-refractivity contribution in [2.24, 2.45) is 0 Å². The first-order valence-corrected chi connectivity index (χ1v) is 5.12. The highest BCUT2D eigenvalue weighted by Gasteiger charge is 2.10. The predicted molar refractivity (Wildman–Crippen MR) is 63.6 cm³/mol. The maximum atomic E-state index is 11.3. The third-order valence-corrected chi connectivity index (χ3v) is 2.38. The van der Waals surface area contributed by atoms with Crippen molar-refractivity contribution in [3.05, 3.63) is 52.6 Å². The molecule has 92 valence electrons. The highest BCUT2D eigenvalue weighted by molar-refractivity contribution is 5.91. The number of hydrogen-bond donors (Lipinski definition) is 1. The number of non-ortho nitro benzene ring substituents is 1. The summed E-state index contributed by atoms with van der Waals surface area (Å²) < 4.78 is 1.55. The minimum Gasteiger partial charge on any atom is -0.354 e. The third kappa shape index (κ3) is 2.19. The highest BCUT2D eigenvalue weighted by atomic mass is 16.6. The van der Waals surface area contributed by atoms with E-state index in [0.29, 0.717) is 5.69 Å². The normalized spacial score (nSPS) is 10.1. The van der Waals surface area contributed by atoms with E-state index in [9.17, 15) is 14.9 Å². The van der Waals surface area contributed by atoms with Gasteiger partial charge in [-0.1, -0.05) is 6.07 Å². The maximum Gasteiger partial charge on any atom is 0.271 e. The second-order valence-electron chi connectivity index (χ2n) is 3.52. The molecule has 1 heterocycles. The molecule has 0 aliphatic rings. The van der Waals surface area contributed by atoms with Gasteiger partial charge >= 0.3 is 0 Å². The van der Waals surface area contributed by atoms with Crippen molar-refractivity contribution >= 4 is 11.6 Å². The quantitative estimate of drug-likeness (QED) is 0.649. The van der Waals surface area contributed by atoms with Crippen molar-refractivity contribution in [2.45, 2.75) is 0 Å². The van der Waals surface area contributed by atoms with Gasteiger partial charge in [0, 0.05) is 25.4 Å². The topological polar surface area (TPSA) is 90.1 Å². The fourth-order valence-corrected chi connectivity index (χ4v) is 1.48. The third-order valence-electron chi connectivity index (χ3n) is 2.38. The van der Waals surface area contributed by atoms with Gasteiger partial charge in [0.1, 0.15) is 12.0 Å². The van der Waals surface area contributed by atoms with E-state index in [0.717, 1.165) is 0 Å². The first-order valence-electron chi connectivity index (χ1n) is 5.12. The number of rotatable bonds is 3. The first-order chi connectivity index (χ1) is 8.61. The van der Waals surface area contributed by atoms with E-state index < -0.39 is 4.92 Å². The molecule has 0 saturated heterocycles. The lowest BCUT2D eigenvalue weighted by molar-refractivity contribution is -0.384. The Labute approximate surface area is 102 Å². The number of nitro groups is 1. The molecule has 0 aliphatic carbocycles. The van der Waals surface area contributed by atoms with Crippen LogP contribution >= 0.6 is 0 Å². The Morgan fingerprint density at radius 3 is 2.94 bits per heavy atom. The number of nitrogens with one attached hydrogen (secondary N) is 1. The van der Waals surface area contributed by atoms with Crippen molar-refractivity contribution in [1.29, 1.82) is 0 Å². The SMILES string of the molecule is CNC(=O)c1cn(-c2cccc([N+](=O)[O-])c2)cn1. The Morgan fingerprint density at radius 1 is 1.50 bits per heavy atom. The molecule has 1 amide bonds. The van der Waals surface area contributed by atoms with Crippen LogP contribution in [0.4, 0.5) is 5.69 Å². The van der Waals surface area contributed by atoms with Crippen LogP contribution in [0.15, 0.2) is 36.8 Å². The summed E-state index contributed by atoms with van der Waals surface area (Å²) in [6.07, 6.45) is 2.95. The molecule has 0 atom stereocenters. The Hall–Kier alpha value is -2.70. The molecule has 1 N–H and O–H groups in total. The lowest BCUT2D eigenvalue weighted by Crippen LogP contribution is -2.17. The van der Waals surface area contributed by atoms with Crippen LogP contribution < -0.4 is 5.32 Å². The van der Waals surface area contributed by atoms with Gasteiger partial charge in [0.25, 0.3) is 11.6 Å². The van der Waals surface area contributed by atoms with Crippen LogP contribution in [-0.2, 0) is 0 Å². The van der Waals surface area contributed by atoms with Gasteiger partial charge in [-0.05, 0) is 6.07 Å². The molecule has 0 unspecified atom stereocenters. The van der Waals surface area contributed by atoms with E-state index >= 15 is 0 Å². The molecular formula is C11H10N4O3. The summed E-state index contributed by atoms with van der Waals surface area (Å²) in [5, 5.41) is 13.1. The summed E-state index contributed by atoms with van der Waals surface area (Å²) in [4.78, 5) is 25.4. The Bertz CT molecular complexity index is 606. The predicted octanol–water partition coefficient (Wildman–Crippen LogP) is 1.14. The smallest absolute Gasteiger partial charge is 0.271 e. The van der Waals surface area contributed by atoms with E-state index in [1.165, 1.54) is 31.7 Å². The molecule has 0 saturated carbocycles.